The molecule has 0 aliphatic rings. The molecular weight excluding hydrogens is 186 g/mol. The van der Waals surface area contributed by atoms with Gasteiger partial charge in [0.05, 0.1) is 12.1 Å². The van der Waals surface area contributed by atoms with Crippen LogP contribution >= 0.6 is 0 Å². The van der Waals surface area contributed by atoms with Gasteiger partial charge in [-0.1, -0.05) is 0 Å². The van der Waals surface area contributed by atoms with Crippen LogP contribution in [0.15, 0.2) is 24.4 Å². The van der Waals surface area contributed by atoms with E-state index in [0.717, 1.165) is 18.9 Å². The van der Waals surface area contributed by atoms with Gasteiger partial charge < -0.3 is 9.30 Å². The van der Waals surface area contributed by atoms with Crippen molar-refractivity contribution in [1.82, 2.24) is 4.57 Å². The lowest BCUT2D eigenvalue weighted by Crippen LogP contribution is -1.93. The molecular formula is C13H17NO. The van der Waals surface area contributed by atoms with Crippen LogP contribution < -0.4 is 4.74 Å². The fourth-order valence-corrected chi connectivity index (χ4v) is 1.97. The maximum absolute atomic E-state index is 5.51. The third kappa shape index (κ3) is 1.72. The van der Waals surface area contributed by atoms with Crippen molar-refractivity contribution in [2.75, 3.05) is 6.61 Å². The van der Waals surface area contributed by atoms with Gasteiger partial charge in [-0.3, -0.25) is 0 Å². The number of aryl methyl sites for hydroxylation is 2. The number of rotatable bonds is 3. The van der Waals surface area contributed by atoms with E-state index in [2.05, 4.69) is 36.7 Å². The normalized spacial score (nSPS) is 10.9. The summed E-state index contributed by atoms with van der Waals surface area (Å²) in [6.45, 7) is 8.03. The van der Waals surface area contributed by atoms with Gasteiger partial charge in [-0.25, -0.2) is 0 Å². The van der Waals surface area contributed by atoms with Crippen LogP contribution in [0.5, 0.6) is 5.75 Å². The fourth-order valence-electron chi connectivity index (χ4n) is 1.97. The second-order valence-corrected chi connectivity index (χ2v) is 3.71. The lowest BCUT2D eigenvalue weighted by atomic mass is 10.2. The minimum absolute atomic E-state index is 0.720. The van der Waals surface area contributed by atoms with Crippen molar-refractivity contribution >= 4 is 10.9 Å². The summed E-state index contributed by atoms with van der Waals surface area (Å²) in [6, 6.07) is 6.30. The molecule has 80 valence electrons. The van der Waals surface area contributed by atoms with Crippen molar-refractivity contribution in [3.05, 3.63) is 30.0 Å². The smallest absolute Gasteiger partial charge is 0.121 e. The third-order valence-corrected chi connectivity index (χ3v) is 2.70. The molecule has 0 aliphatic heterocycles. The first-order valence-corrected chi connectivity index (χ1v) is 5.48. The first kappa shape index (κ1) is 10.1. The summed E-state index contributed by atoms with van der Waals surface area (Å²) in [6.07, 6.45) is 2.19. The number of hydrogen-bond donors (Lipinski definition) is 0. The summed E-state index contributed by atoms with van der Waals surface area (Å²) in [5.74, 6) is 0.956. The van der Waals surface area contributed by atoms with Crippen molar-refractivity contribution < 1.29 is 4.74 Å². The molecule has 0 fully saturated rings. The predicted molar refractivity (Wildman–Crippen MR) is 63.5 cm³/mol. The molecule has 0 atom stereocenters. The zero-order valence-corrected chi connectivity index (χ0v) is 9.58. The number of fused-ring (bicyclic) bond motifs is 1. The van der Waals surface area contributed by atoms with Gasteiger partial charge in [-0.15, -0.1) is 0 Å². The molecule has 0 unspecified atom stereocenters. The summed E-state index contributed by atoms with van der Waals surface area (Å²) in [5, 5.41) is 1.32. The summed E-state index contributed by atoms with van der Waals surface area (Å²) >= 11 is 0. The standard InChI is InChI=1S/C13H17NO/c1-4-14-9-10(3)12-7-6-11(15-5-2)8-13(12)14/h6-9H,4-5H2,1-3H3. The van der Waals surface area contributed by atoms with Crippen molar-refractivity contribution in [2.24, 2.45) is 0 Å². The first-order valence-electron chi connectivity index (χ1n) is 5.48. The minimum atomic E-state index is 0.720. The molecule has 2 aromatic rings. The molecule has 0 saturated heterocycles. The highest BCUT2D eigenvalue weighted by Crippen LogP contribution is 2.25. The van der Waals surface area contributed by atoms with E-state index >= 15 is 0 Å². The highest BCUT2D eigenvalue weighted by molar-refractivity contribution is 5.85. The Bertz CT molecular complexity index is 471. The van der Waals surface area contributed by atoms with E-state index in [9.17, 15) is 0 Å². The Kier molecular flexibility index (Phi) is 2.67. The fraction of sp³-hybridized carbons (Fsp3) is 0.385. The number of aromatic nitrogens is 1. The van der Waals surface area contributed by atoms with Crippen molar-refractivity contribution in [3.63, 3.8) is 0 Å². The highest BCUT2D eigenvalue weighted by Gasteiger charge is 2.05. The highest BCUT2D eigenvalue weighted by atomic mass is 16.5. The Morgan fingerprint density at radius 2 is 2.07 bits per heavy atom. The topological polar surface area (TPSA) is 14.2 Å². The van der Waals surface area contributed by atoms with Crippen LogP contribution in [-0.4, -0.2) is 11.2 Å². The largest absolute Gasteiger partial charge is 0.494 e. The van der Waals surface area contributed by atoms with Gasteiger partial charge in [-0.05, 0) is 38.5 Å². The zero-order valence-electron chi connectivity index (χ0n) is 9.58. The zero-order chi connectivity index (χ0) is 10.8. The van der Waals surface area contributed by atoms with Crippen LogP contribution in [0.2, 0.25) is 0 Å². The van der Waals surface area contributed by atoms with Crippen LogP contribution in [0, 0.1) is 6.92 Å². The van der Waals surface area contributed by atoms with Crippen LogP contribution in [0.3, 0.4) is 0 Å². The molecule has 2 rings (SSSR count). The molecule has 2 heteroatoms. The molecule has 0 aliphatic carbocycles. The molecule has 0 saturated carbocycles. The Labute approximate surface area is 90.5 Å². The van der Waals surface area contributed by atoms with E-state index < -0.39 is 0 Å². The van der Waals surface area contributed by atoms with Crippen molar-refractivity contribution in [2.45, 2.75) is 27.3 Å². The second-order valence-electron chi connectivity index (χ2n) is 3.71. The summed E-state index contributed by atoms with van der Waals surface area (Å²) in [4.78, 5) is 0. The molecule has 0 spiro atoms. The van der Waals surface area contributed by atoms with Gasteiger partial charge in [0.25, 0.3) is 0 Å². The summed E-state index contributed by atoms with van der Waals surface area (Å²) in [5.41, 5.74) is 2.59. The average molecular weight is 203 g/mol. The van der Waals surface area contributed by atoms with Crippen LogP contribution in [0.25, 0.3) is 10.9 Å². The van der Waals surface area contributed by atoms with Gasteiger partial charge in [0, 0.05) is 24.2 Å². The van der Waals surface area contributed by atoms with Gasteiger partial charge in [0.1, 0.15) is 5.75 Å². The summed E-state index contributed by atoms with van der Waals surface area (Å²) < 4.78 is 7.77. The number of ether oxygens (including phenoxy) is 1. The quantitative estimate of drug-likeness (QED) is 0.746. The summed E-state index contributed by atoms with van der Waals surface area (Å²) in [7, 11) is 0. The molecule has 0 amide bonds. The lowest BCUT2D eigenvalue weighted by Gasteiger charge is -2.05. The molecule has 0 bridgehead atoms. The van der Waals surface area contributed by atoms with Gasteiger partial charge >= 0.3 is 0 Å². The van der Waals surface area contributed by atoms with Crippen LogP contribution in [0.4, 0.5) is 0 Å². The third-order valence-electron chi connectivity index (χ3n) is 2.70. The Morgan fingerprint density at radius 1 is 1.27 bits per heavy atom. The van der Waals surface area contributed by atoms with Crippen LogP contribution in [0.1, 0.15) is 19.4 Å². The Hall–Kier alpha value is -1.44. The van der Waals surface area contributed by atoms with Crippen LogP contribution in [-0.2, 0) is 6.54 Å². The van der Waals surface area contributed by atoms with E-state index in [4.69, 9.17) is 4.74 Å². The van der Waals surface area contributed by atoms with Gasteiger partial charge in [-0.2, -0.15) is 0 Å². The Balaban J connectivity index is 2.58. The molecule has 1 aromatic carbocycles. The molecule has 2 nitrogen and oxygen atoms in total. The van der Waals surface area contributed by atoms with Gasteiger partial charge in [0.15, 0.2) is 0 Å². The second kappa shape index (κ2) is 3.97. The maximum Gasteiger partial charge on any atom is 0.121 e. The molecule has 0 N–H and O–H groups in total. The van der Waals surface area contributed by atoms with E-state index in [-0.39, 0.29) is 0 Å². The molecule has 15 heavy (non-hydrogen) atoms. The minimum Gasteiger partial charge on any atom is -0.494 e. The molecule has 1 heterocycles. The van der Waals surface area contributed by atoms with Crippen molar-refractivity contribution in [1.29, 1.82) is 0 Å². The molecule has 0 radical (unpaired) electrons. The molecule has 1 aromatic heterocycles. The predicted octanol–water partition coefficient (Wildman–Crippen LogP) is 3.37. The monoisotopic (exact) mass is 203 g/mol. The Morgan fingerprint density at radius 3 is 2.73 bits per heavy atom. The first-order chi connectivity index (χ1) is 7.26. The SMILES string of the molecule is CCOc1ccc2c(C)cn(CC)c2c1. The van der Waals surface area contributed by atoms with Gasteiger partial charge in [0.2, 0.25) is 0 Å². The van der Waals surface area contributed by atoms with E-state index in [1.807, 2.05) is 13.0 Å². The van der Waals surface area contributed by atoms with E-state index in [0.29, 0.717) is 0 Å². The number of hydrogen-bond acceptors (Lipinski definition) is 1. The van der Waals surface area contributed by atoms with Crippen molar-refractivity contribution in [3.8, 4) is 5.75 Å². The van der Waals surface area contributed by atoms with E-state index in [1.54, 1.807) is 0 Å². The average Bonchev–Trinajstić information content (AvgIpc) is 2.56. The number of benzene rings is 1. The maximum atomic E-state index is 5.51. The lowest BCUT2D eigenvalue weighted by molar-refractivity contribution is 0.340. The number of nitrogens with zero attached hydrogens (tertiary/aromatic N) is 1. The van der Waals surface area contributed by atoms with E-state index in [1.165, 1.54) is 16.5 Å².